The molecule has 0 aliphatic heterocycles. The maximum absolute atomic E-state index is 10.8. The number of nitrogens with zero attached hydrogens (tertiary/aromatic N) is 2. The van der Waals surface area contributed by atoms with E-state index in [2.05, 4.69) is 32.9 Å². The van der Waals surface area contributed by atoms with Gasteiger partial charge < -0.3 is 14.7 Å². The van der Waals surface area contributed by atoms with Crippen LogP contribution in [0.5, 0.6) is 0 Å². The third-order valence-electron chi connectivity index (χ3n) is 6.77. The zero-order chi connectivity index (χ0) is 15.2. The lowest BCUT2D eigenvalue weighted by atomic mass is 9.52. The van der Waals surface area contributed by atoms with Crippen molar-refractivity contribution < 1.29 is 5.11 Å². The number of nitrogens with one attached hydrogen (secondary N) is 1. The maximum atomic E-state index is 10.8. The molecule has 0 amide bonds. The van der Waals surface area contributed by atoms with E-state index < -0.39 is 0 Å². The molecule has 4 saturated carbocycles. The van der Waals surface area contributed by atoms with E-state index in [4.69, 9.17) is 0 Å². The molecule has 4 nitrogen and oxygen atoms in total. The van der Waals surface area contributed by atoms with Crippen LogP contribution in [0.3, 0.4) is 0 Å². The Labute approximate surface area is 134 Å². The Morgan fingerprint density at radius 3 is 2.78 bits per heavy atom. The van der Waals surface area contributed by atoms with Gasteiger partial charge >= 0.3 is 0 Å². The Morgan fingerprint density at radius 2 is 2.00 bits per heavy atom. The number of aromatic amines is 1. The fourth-order valence-corrected chi connectivity index (χ4v) is 6.31. The third kappa shape index (κ3) is 1.57. The van der Waals surface area contributed by atoms with Crippen LogP contribution >= 0.6 is 0 Å². The average molecular weight is 307 g/mol. The molecule has 0 saturated heterocycles. The SMILES string of the molecule is O[C@]12CC3C[C@H](C1)[C@@H](n1ccc4cnc5[nH]ccc5c41)[C@@H](C3)C2. The fraction of sp³-hybridized carbons (Fsp3) is 0.526. The molecular formula is C19H21N3O. The van der Waals surface area contributed by atoms with Crippen molar-refractivity contribution in [2.45, 2.75) is 43.7 Å². The Hall–Kier alpha value is -1.81. The van der Waals surface area contributed by atoms with Crippen molar-refractivity contribution >= 4 is 21.9 Å². The van der Waals surface area contributed by atoms with Gasteiger partial charge in [0.25, 0.3) is 0 Å². The van der Waals surface area contributed by atoms with Crippen molar-refractivity contribution in [3.63, 3.8) is 0 Å². The van der Waals surface area contributed by atoms with E-state index >= 15 is 0 Å². The number of hydrogen-bond acceptors (Lipinski definition) is 2. The van der Waals surface area contributed by atoms with Gasteiger partial charge in [0, 0.05) is 35.4 Å². The predicted octanol–water partition coefficient (Wildman–Crippen LogP) is 3.63. The largest absolute Gasteiger partial charge is 0.390 e. The van der Waals surface area contributed by atoms with Crippen LogP contribution in [0.25, 0.3) is 21.9 Å². The predicted molar refractivity (Wildman–Crippen MR) is 89.1 cm³/mol. The standard InChI is InChI=1S/C19H21N3O/c23-19-7-11-5-13(8-19)16(14(6-11)9-19)22-4-2-12-10-21-18-15(17(12)22)1-3-20-18/h1-4,10-11,13-14,16,23H,5-9H2,(H,20,21)/t11?,13-,14+,16-,19-. The summed E-state index contributed by atoms with van der Waals surface area (Å²) in [5.74, 6) is 2.01. The second-order valence-corrected chi connectivity index (χ2v) is 8.21. The van der Waals surface area contributed by atoms with Crippen molar-refractivity contribution in [3.05, 3.63) is 30.7 Å². The van der Waals surface area contributed by atoms with E-state index in [-0.39, 0.29) is 5.60 Å². The second kappa shape index (κ2) is 3.99. The summed E-state index contributed by atoms with van der Waals surface area (Å²) in [4.78, 5) is 7.76. The molecule has 3 aromatic rings. The lowest BCUT2D eigenvalue weighted by Gasteiger charge is -2.58. The van der Waals surface area contributed by atoms with E-state index in [9.17, 15) is 5.11 Å². The molecule has 4 fully saturated rings. The molecule has 1 unspecified atom stereocenters. The highest BCUT2D eigenvalue weighted by Gasteiger charge is 2.55. The lowest BCUT2D eigenvalue weighted by Crippen LogP contribution is -2.54. The minimum absolute atomic E-state index is 0.360. The maximum Gasteiger partial charge on any atom is 0.139 e. The molecule has 4 heteroatoms. The van der Waals surface area contributed by atoms with Crippen LogP contribution in [0.4, 0.5) is 0 Å². The Morgan fingerprint density at radius 1 is 1.17 bits per heavy atom. The number of aromatic nitrogens is 3. The monoisotopic (exact) mass is 307 g/mol. The van der Waals surface area contributed by atoms with Crippen molar-refractivity contribution in [2.24, 2.45) is 17.8 Å². The van der Waals surface area contributed by atoms with Crippen LogP contribution < -0.4 is 0 Å². The van der Waals surface area contributed by atoms with Gasteiger partial charge in [0.05, 0.1) is 11.1 Å². The zero-order valence-corrected chi connectivity index (χ0v) is 13.1. The summed E-state index contributed by atoms with van der Waals surface area (Å²) in [6.07, 6.45) is 11.8. The van der Waals surface area contributed by atoms with Crippen molar-refractivity contribution in [2.75, 3.05) is 0 Å². The number of aliphatic hydroxyl groups is 1. The van der Waals surface area contributed by atoms with E-state index in [1.54, 1.807) is 0 Å². The first-order chi connectivity index (χ1) is 11.2. The molecule has 3 aromatic heterocycles. The highest BCUT2D eigenvalue weighted by molar-refractivity contribution is 6.02. The molecule has 23 heavy (non-hydrogen) atoms. The second-order valence-electron chi connectivity index (χ2n) is 8.21. The molecule has 0 radical (unpaired) electrons. The topological polar surface area (TPSA) is 53.8 Å². The summed E-state index contributed by atoms with van der Waals surface area (Å²) in [5.41, 5.74) is 1.93. The fourth-order valence-electron chi connectivity index (χ4n) is 6.31. The van der Waals surface area contributed by atoms with E-state index in [1.807, 2.05) is 12.4 Å². The molecule has 4 bridgehead atoms. The van der Waals surface area contributed by atoms with Gasteiger partial charge in [0.2, 0.25) is 0 Å². The smallest absolute Gasteiger partial charge is 0.139 e. The van der Waals surface area contributed by atoms with Crippen molar-refractivity contribution in [1.29, 1.82) is 0 Å². The van der Waals surface area contributed by atoms with Gasteiger partial charge in [-0.2, -0.15) is 0 Å². The summed E-state index contributed by atoms with van der Waals surface area (Å²) in [7, 11) is 0. The Balaban J connectivity index is 1.56. The molecule has 4 aliphatic carbocycles. The molecule has 2 N–H and O–H groups in total. The molecule has 5 atom stereocenters. The summed E-state index contributed by atoms with van der Waals surface area (Å²) in [6, 6.07) is 4.89. The number of fused-ring (bicyclic) bond motifs is 3. The number of hydrogen-bond donors (Lipinski definition) is 2. The van der Waals surface area contributed by atoms with Gasteiger partial charge in [0.15, 0.2) is 0 Å². The van der Waals surface area contributed by atoms with E-state index in [0.717, 1.165) is 30.8 Å². The zero-order valence-electron chi connectivity index (χ0n) is 13.1. The van der Waals surface area contributed by atoms with Gasteiger partial charge in [-0.3, -0.25) is 0 Å². The summed E-state index contributed by atoms with van der Waals surface area (Å²) in [5, 5.41) is 13.3. The van der Waals surface area contributed by atoms with Crippen molar-refractivity contribution in [3.8, 4) is 0 Å². The van der Waals surface area contributed by atoms with Crippen LogP contribution in [0.1, 0.15) is 38.1 Å². The van der Waals surface area contributed by atoms with Gasteiger partial charge in [-0.05, 0) is 62.0 Å². The van der Waals surface area contributed by atoms with E-state index in [1.165, 1.54) is 29.1 Å². The van der Waals surface area contributed by atoms with Gasteiger partial charge in [-0.1, -0.05) is 0 Å². The van der Waals surface area contributed by atoms with Crippen LogP contribution in [-0.4, -0.2) is 25.2 Å². The van der Waals surface area contributed by atoms with Gasteiger partial charge in [-0.25, -0.2) is 4.98 Å². The summed E-state index contributed by atoms with van der Waals surface area (Å²) >= 11 is 0. The Bertz CT molecular complexity index is 907. The number of H-pyrrole nitrogens is 1. The lowest BCUT2D eigenvalue weighted by molar-refractivity contribution is -0.146. The van der Waals surface area contributed by atoms with Crippen LogP contribution in [-0.2, 0) is 0 Å². The van der Waals surface area contributed by atoms with Crippen LogP contribution in [0, 0.1) is 17.8 Å². The number of pyridine rings is 1. The normalized spacial score (nSPS) is 38.8. The van der Waals surface area contributed by atoms with Gasteiger partial charge in [0.1, 0.15) is 5.65 Å². The van der Waals surface area contributed by atoms with Crippen molar-refractivity contribution in [1.82, 2.24) is 14.5 Å². The first kappa shape index (κ1) is 12.6. The third-order valence-corrected chi connectivity index (χ3v) is 6.77. The minimum atomic E-state index is -0.360. The molecule has 3 heterocycles. The average Bonchev–Trinajstić information content (AvgIpc) is 3.10. The molecule has 7 rings (SSSR count). The minimum Gasteiger partial charge on any atom is -0.390 e. The quantitative estimate of drug-likeness (QED) is 0.721. The molecule has 0 aromatic carbocycles. The highest BCUT2D eigenvalue weighted by atomic mass is 16.3. The van der Waals surface area contributed by atoms with Crippen LogP contribution in [0.15, 0.2) is 30.7 Å². The Kier molecular flexibility index (Phi) is 2.18. The number of rotatable bonds is 1. The molecule has 4 aliphatic rings. The van der Waals surface area contributed by atoms with Crippen LogP contribution in [0.2, 0.25) is 0 Å². The first-order valence-electron chi connectivity index (χ1n) is 8.85. The summed E-state index contributed by atoms with van der Waals surface area (Å²) in [6.45, 7) is 0. The summed E-state index contributed by atoms with van der Waals surface area (Å²) < 4.78 is 2.52. The molecular weight excluding hydrogens is 286 g/mol. The van der Waals surface area contributed by atoms with E-state index in [0.29, 0.717) is 17.9 Å². The molecule has 0 spiro atoms. The van der Waals surface area contributed by atoms with Gasteiger partial charge in [-0.15, -0.1) is 0 Å². The molecule has 118 valence electrons. The highest BCUT2D eigenvalue weighted by Crippen LogP contribution is 2.60. The first-order valence-corrected chi connectivity index (χ1v) is 8.85.